The molecule has 2 nitrogen and oxygen atoms in total. The molecule has 2 heteroatoms. The van der Waals surface area contributed by atoms with Gasteiger partial charge in [-0.15, -0.1) is 0 Å². The maximum atomic E-state index is 3.77. The van der Waals surface area contributed by atoms with E-state index >= 15 is 0 Å². The molecular formula is C17H32N2. The van der Waals surface area contributed by atoms with Crippen LogP contribution in [0.3, 0.4) is 0 Å². The molecule has 0 aromatic carbocycles. The zero-order chi connectivity index (χ0) is 13.7. The zero-order valence-corrected chi connectivity index (χ0v) is 13.1. The number of nitrogens with one attached hydrogen (secondary N) is 1. The van der Waals surface area contributed by atoms with Crippen molar-refractivity contribution in [1.29, 1.82) is 0 Å². The van der Waals surface area contributed by atoms with Crippen LogP contribution in [0.25, 0.3) is 0 Å². The topological polar surface area (TPSA) is 15.3 Å². The van der Waals surface area contributed by atoms with Gasteiger partial charge in [-0.05, 0) is 76.5 Å². The van der Waals surface area contributed by atoms with Crippen molar-refractivity contribution in [2.24, 2.45) is 17.8 Å². The molecule has 1 N–H and O–H groups in total. The Bertz CT molecular complexity index is 283. The lowest BCUT2D eigenvalue weighted by molar-refractivity contribution is 0.288. The minimum absolute atomic E-state index is 0.679. The molecule has 0 unspecified atom stereocenters. The van der Waals surface area contributed by atoms with Crippen LogP contribution in [0.15, 0.2) is 12.2 Å². The zero-order valence-electron chi connectivity index (χ0n) is 13.1. The van der Waals surface area contributed by atoms with Gasteiger partial charge in [-0.2, -0.15) is 0 Å². The Morgan fingerprint density at radius 1 is 1.21 bits per heavy atom. The third-order valence-corrected chi connectivity index (χ3v) is 5.15. The van der Waals surface area contributed by atoms with Crippen molar-refractivity contribution in [1.82, 2.24) is 10.2 Å². The minimum atomic E-state index is 0.679. The fourth-order valence-electron chi connectivity index (χ4n) is 3.74. The highest BCUT2D eigenvalue weighted by Crippen LogP contribution is 2.42. The molecule has 4 atom stereocenters. The normalized spacial score (nSPS) is 30.4. The Hall–Kier alpha value is -0.340. The van der Waals surface area contributed by atoms with Crippen molar-refractivity contribution in [3.05, 3.63) is 12.2 Å². The van der Waals surface area contributed by atoms with Gasteiger partial charge in [0, 0.05) is 6.04 Å². The Balaban J connectivity index is 1.55. The second-order valence-electron chi connectivity index (χ2n) is 6.52. The first kappa shape index (κ1) is 15.1. The van der Waals surface area contributed by atoms with E-state index in [0.29, 0.717) is 6.04 Å². The number of fused-ring (bicyclic) bond motifs is 2. The maximum absolute atomic E-state index is 3.77. The summed E-state index contributed by atoms with van der Waals surface area (Å²) in [7, 11) is 0. The van der Waals surface area contributed by atoms with E-state index in [2.05, 4.69) is 43.1 Å². The summed E-state index contributed by atoms with van der Waals surface area (Å²) in [4.78, 5) is 2.52. The molecular weight excluding hydrogens is 232 g/mol. The number of hydrogen-bond donors (Lipinski definition) is 1. The van der Waals surface area contributed by atoms with E-state index in [1.54, 1.807) is 0 Å². The smallest absolute Gasteiger partial charge is 0.00393 e. The lowest BCUT2D eigenvalue weighted by Gasteiger charge is -2.23. The third kappa shape index (κ3) is 4.32. The molecule has 1 fully saturated rings. The average Bonchev–Trinajstić information content (AvgIpc) is 3.03. The van der Waals surface area contributed by atoms with E-state index in [9.17, 15) is 0 Å². The van der Waals surface area contributed by atoms with Crippen molar-refractivity contribution in [2.45, 2.75) is 52.5 Å². The molecule has 0 spiro atoms. The number of hydrogen-bond acceptors (Lipinski definition) is 2. The van der Waals surface area contributed by atoms with Crippen LogP contribution in [0.2, 0.25) is 0 Å². The second kappa shape index (κ2) is 7.44. The molecule has 2 aliphatic rings. The summed E-state index contributed by atoms with van der Waals surface area (Å²) < 4.78 is 0. The Kier molecular flexibility index (Phi) is 5.90. The molecule has 110 valence electrons. The fourth-order valence-corrected chi connectivity index (χ4v) is 3.74. The molecule has 0 radical (unpaired) electrons. The van der Waals surface area contributed by atoms with Gasteiger partial charge in [0.25, 0.3) is 0 Å². The van der Waals surface area contributed by atoms with E-state index in [-0.39, 0.29) is 0 Å². The first-order valence-electron chi connectivity index (χ1n) is 8.37. The van der Waals surface area contributed by atoms with E-state index in [1.165, 1.54) is 51.9 Å². The van der Waals surface area contributed by atoms with E-state index in [0.717, 1.165) is 17.8 Å². The van der Waals surface area contributed by atoms with Crippen LogP contribution in [0.5, 0.6) is 0 Å². The standard InChI is InChI=1S/C17H32N2/c1-4-19(5-2)10-6-7-14(3)18-13-17-12-15-8-9-16(17)11-15/h8-9,14-18H,4-7,10-13H2,1-3H3/t14-,15-,16-,17-/m0/s1. The summed E-state index contributed by atoms with van der Waals surface area (Å²) in [5.74, 6) is 2.72. The molecule has 1 saturated carbocycles. The number of rotatable bonds is 9. The van der Waals surface area contributed by atoms with E-state index in [4.69, 9.17) is 0 Å². The first-order valence-corrected chi connectivity index (χ1v) is 8.37. The lowest BCUT2D eigenvalue weighted by atomic mass is 9.93. The summed E-state index contributed by atoms with van der Waals surface area (Å²) in [6.45, 7) is 11.7. The van der Waals surface area contributed by atoms with Gasteiger partial charge < -0.3 is 10.2 Å². The largest absolute Gasteiger partial charge is 0.314 e. The molecule has 2 rings (SSSR count). The SMILES string of the molecule is CCN(CC)CCC[C@H](C)NC[C@@H]1C[C@H]2C=C[C@H]1C2. The summed E-state index contributed by atoms with van der Waals surface area (Å²) in [6, 6.07) is 0.679. The van der Waals surface area contributed by atoms with Crippen molar-refractivity contribution in [3.8, 4) is 0 Å². The van der Waals surface area contributed by atoms with Crippen LogP contribution < -0.4 is 5.32 Å². The molecule has 0 amide bonds. The van der Waals surface area contributed by atoms with Gasteiger partial charge in [0.05, 0.1) is 0 Å². The van der Waals surface area contributed by atoms with Gasteiger partial charge in [-0.1, -0.05) is 26.0 Å². The summed E-state index contributed by atoms with van der Waals surface area (Å²) in [5, 5.41) is 3.77. The Labute approximate surface area is 119 Å². The van der Waals surface area contributed by atoms with Crippen molar-refractivity contribution < 1.29 is 0 Å². The third-order valence-electron chi connectivity index (χ3n) is 5.15. The molecule has 0 aromatic rings. The van der Waals surface area contributed by atoms with Gasteiger partial charge in [-0.25, -0.2) is 0 Å². The summed E-state index contributed by atoms with van der Waals surface area (Å²) in [6.07, 6.45) is 10.4. The van der Waals surface area contributed by atoms with Crippen LogP contribution in [0.4, 0.5) is 0 Å². The molecule has 0 heterocycles. The number of nitrogens with zero attached hydrogens (tertiary/aromatic N) is 1. The van der Waals surface area contributed by atoms with Crippen LogP contribution in [-0.4, -0.2) is 37.1 Å². The first-order chi connectivity index (χ1) is 9.22. The van der Waals surface area contributed by atoms with Gasteiger partial charge in [-0.3, -0.25) is 0 Å². The molecule has 0 aliphatic heterocycles. The van der Waals surface area contributed by atoms with Crippen molar-refractivity contribution >= 4 is 0 Å². The lowest BCUT2D eigenvalue weighted by Crippen LogP contribution is -2.33. The van der Waals surface area contributed by atoms with Gasteiger partial charge in [0.2, 0.25) is 0 Å². The van der Waals surface area contributed by atoms with Crippen molar-refractivity contribution in [2.75, 3.05) is 26.2 Å². The summed E-state index contributed by atoms with van der Waals surface area (Å²) in [5.41, 5.74) is 0. The maximum Gasteiger partial charge on any atom is 0.00393 e. The van der Waals surface area contributed by atoms with Crippen LogP contribution in [0.1, 0.15) is 46.5 Å². The van der Waals surface area contributed by atoms with Gasteiger partial charge in [0.15, 0.2) is 0 Å². The number of allylic oxidation sites excluding steroid dienone is 2. The monoisotopic (exact) mass is 264 g/mol. The van der Waals surface area contributed by atoms with Crippen LogP contribution in [0, 0.1) is 17.8 Å². The average molecular weight is 264 g/mol. The van der Waals surface area contributed by atoms with E-state index < -0.39 is 0 Å². The van der Waals surface area contributed by atoms with E-state index in [1.807, 2.05) is 0 Å². The molecule has 19 heavy (non-hydrogen) atoms. The quantitative estimate of drug-likeness (QED) is 0.643. The highest BCUT2D eigenvalue weighted by molar-refractivity contribution is 5.10. The fraction of sp³-hybridized carbons (Fsp3) is 0.882. The highest BCUT2D eigenvalue weighted by Gasteiger charge is 2.35. The highest BCUT2D eigenvalue weighted by atomic mass is 15.1. The van der Waals surface area contributed by atoms with Crippen LogP contribution in [-0.2, 0) is 0 Å². The molecule has 2 aliphatic carbocycles. The summed E-state index contributed by atoms with van der Waals surface area (Å²) >= 11 is 0. The van der Waals surface area contributed by atoms with Crippen LogP contribution >= 0.6 is 0 Å². The Morgan fingerprint density at radius 3 is 2.58 bits per heavy atom. The predicted molar refractivity (Wildman–Crippen MR) is 83.3 cm³/mol. The minimum Gasteiger partial charge on any atom is -0.314 e. The predicted octanol–water partition coefficient (Wildman–Crippen LogP) is 3.30. The van der Waals surface area contributed by atoms with Gasteiger partial charge >= 0.3 is 0 Å². The molecule has 0 aromatic heterocycles. The Morgan fingerprint density at radius 2 is 2.00 bits per heavy atom. The van der Waals surface area contributed by atoms with Gasteiger partial charge in [0.1, 0.15) is 0 Å². The van der Waals surface area contributed by atoms with Crippen molar-refractivity contribution in [3.63, 3.8) is 0 Å². The molecule has 0 saturated heterocycles. The second-order valence-corrected chi connectivity index (χ2v) is 6.52. The molecule has 2 bridgehead atoms.